The second-order valence-corrected chi connectivity index (χ2v) is 6.70. The Morgan fingerprint density at radius 3 is 2.61 bits per heavy atom. The van der Waals surface area contributed by atoms with Crippen LogP contribution in [0.1, 0.15) is 29.6 Å². The molecule has 2 bridgehead atoms. The van der Waals surface area contributed by atoms with Gasteiger partial charge in [-0.15, -0.1) is 0 Å². The minimum Gasteiger partial charge on any atom is -0.329 e. The summed E-state index contributed by atoms with van der Waals surface area (Å²) in [5, 5.41) is 0.722. The minimum atomic E-state index is 0.152. The van der Waals surface area contributed by atoms with Crippen molar-refractivity contribution in [2.45, 2.75) is 31.3 Å². The molecule has 116 valence electrons. The third-order valence-electron chi connectivity index (χ3n) is 4.84. The van der Waals surface area contributed by atoms with Crippen LogP contribution in [0.25, 0.3) is 11.1 Å². The van der Waals surface area contributed by atoms with Crippen molar-refractivity contribution in [3.8, 4) is 11.1 Å². The molecule has 23 heavy (non-hydrogen) atoms. The van der Waals surface area contributed by atoms with E-state index >= 15 is 0 Å². The van der Waals surface area contributed by atoms with Gasteiger partial charge in [-0.25, -0.2) is 0 Å². The van der Waals surface area contributed by atoms with Gasteiger partial charge < -0.3 is 4.90 Å². The second kappa shape index (κ2) is 5.86. The van der Waals surface area contributed by atoms with E-state index in [1.165, 1.54) is 0 Å². The van der Waals surface area contributed by atoms with Crippen molar-refractivity contribution < 1.29 is 4.79 Å². The number of halogens is 1. The molecule has 0 radical (unpaired) electrons. The molecule has 2 aliphatic rings. The van der Waals surface area contributed by atoms with E-state index in [0.717, 1.165) is 41.0 Å². The lowest BCUT2D eigenvalue weighted by Gasteiger charge is -2.31. The first-order valence-corrected chi connectivity index (χ1v) is 8.45. The smallest absolute Gasteiger partial charge is 0.254 e. The van der Waals surface area contributed by atoms with E-state index in [9.17, 15) is 4.79 Å². The van der Waals surface area contributed by atoms with Gasteiger partial charge in [0.05, 0.1) is 6.04 Å². The summed E-state index contributed by atoms with van der Waals surface area (Å²) in [7, 11) is 0. The van der Waals surface area contributed by atoms with Crippen molar-refractivity contribution in [1.82, 2.24) is 4.90 Å². The Balaban J connectivity index is 1.59. The number of hydrogen-bond acceptors (Lipinski definition) is 1. The number of carbonyl (C=O) groups excluding carboxylic acids is 1. The highest BCUT2D eigenvalue weighted by Gasteiger charge is 2.37. The molecule has 1 amide bonds. The highest BCUT2D eigenvalue weighted by Crippen LogP contribution is 2.33. The summed E-state index contributed by atoms with van der Waals surface area (Å²) in [5.74, 6) is 0.152. The first-order chi connectivity index (χ1) is 11.2. The molecule has 0 spiro atoms. The Labute approximate surface area is 141 Å². The Morgan fingerprint density at radius 1 is 1.04 bits per heavy atom. The van der Waals surface area contributed by atoms with E-state index < -0.39 is 0 Å². The van der Waals surface area contributed by atoms with Crippen LogP contribution < -0.4 is 0 Å². The van der Waals surface area contributed by atoms with E-state index in [1.54, 1.807) is 0 Å². The third-order valence-corrected chi connectivity index (χ3v) is 5.07. The lowest BCUT2D eigenvalue weighted by molar-refractivity contribution is 0.0689. The molecule has 2 aromatic carbocycles. The lowest BCUT2D eigenvalue weighted by atomic mass is 10.0. The molecule has 2 aromatic rings. The van der Waals surface area contributed by atoms with Crippen molar-refractivity contribution >= 4 is 17.5 Å². The molecule has 0 aromatic heterocycles. The minimum absolute atomic E-state index is 0.152. The zero-order valence-electron chi connectivity index (χ0n) is 12.8. The molecule has 1 saturated heterocycles. The molecular formula is C20H18ClNO. The fraction of sp³-hybridized carbons (Fsp3) is 0.250. The molecule has 2 nitrogen and oxygen atoms in total. The largest absolute Gasteiger partial charge is 0.329 e. The summed E-state index contributed by atoms with van der Waals surface area (Å²) < 4.78 is 0. The molecule has 2 atom stereocenters. The summed E-state index contributed by atoms with van der Waals surface area (Å²) in [4.78, 5) is 14.9. The predicted octanol–water partition coefficient (Wildman–Crippen LogP) is 4.94. The number of rotatable bonds is 2. The molecule has 0 N–H and O–H groups in total. The van der Waals surface area contributed by atoms with Gasteiger partial charge in [-0.2, -0.15) is 0 Å². The average Bonchev–Trinajstić information content (AvgIpc) is 2.83. The zero-order chi connectivity index (χ0) is 15.8. The van der Waals surface area contributed by atoms with Crippen LogP contribution in [-0.2, 0) is 0 Å². The Morgan fingerprint density at radius 2 is 1.87 bits per heavy atom. The maximum atomic E-state index is 12.8. The molecule has 2 unspecified atom stereocenters. The fourth-order valence-electron chi connectivity index (χ4n) is 3.66. The van der Waals surface area contributed by atoms with E-state index in [2.05, 4.69) is 17.1 Å². The number of carbonyl (C=O) groups is 1. The lowest BCUT2D eigenvalue weighted by Crippen LogP contribution is -2.42. The molecule has 4 rings (SSSR count). The SMILES string of the molecule is O=C(c1ccc(-c2cccc(Cl)c2)cc1)N1C2C=CCC1CC2. The number of benzene rings is 2. The van der Waals surface area contributed by atoms with Crippen molar-refractivity contribution in [3.63, 3.8) is 0 Å². The Bertz CT molecular complexity index is 765. The van der Waals surface area contributed by atoms with Gasteiger partial charge in [0.2, 0.25) is 0 Å². The van der Waals surface area contributed by atoms with Gasteiger partial charge in [0.15, 0.2) is 0 Å². The fourth-order valence-corrected chi connectivity index (χ4v) is 3.85. The van der Waals surface area contributed by atoms with Crippen molar-refractivity contribution in [2.24, 2.45) is 0 Å². The van der Waals surface area contributed by atoms with Crippen LogP contribution in [0.2, 0.25) is 5.02 Å². The number of amides is 1. The summed E-state index contributed by atoms with van der Waals surface area (Å²) in [6.45, 7) is 0. The molecule has 2 aliphatic heterocycles. The van der Waals surface area contributed by atoms with E-state index in [4.69, 9.17) is 11.6 Å². The van der Waals surface area contributed by atoms with Crippen LogP contribution in [0.15, 0.2) is 60.7 Å². The molecular weight excluding hydrogens is 306 g/mol. The van der Waals surface area contributed by atoms with Crippen LogP contribution >= 0.6 is 11.6 Å². The molecule has 0 aliphatic carbocycles. The topological polar surface area (TPSA) is 20.3 Å². The number of hydrogen-bond donors (Lipinski definition) is 0. The summed E-state index contributed by atoms with van der Waals surface area (Å²) in [6.07, 6.45) is 7.59. The van der Waals surface area contributed by atoms with Gasteiger partial charge in [-0.1, -0.05) is 48.0 Å². The van der Waals surface area contributed by atoms with Crippen LogP contribution in [0.3, 0.4) is 0 Å². The molecule has 2 heterocycles. The molecule has 0 saturated carbocycles. The van der Waals surface area contributed by atoms with Gasteiger partial charge in [0, 0.05) is 16.6 Å². The van der Waals surface area contributed by atoms with Crippen molar-refractivity contribution in [3.05, 3.63) is 71.3 Å². The van der Waals surface area contributed by atoms with Gasteiger partial charge in [0.25, 0.3) is 5.91 Å². The highest BCUT2D eigenvalue weighted by molar-refractivity contribution is 6.30. The first-order valence-electron chi connectivity index (χ1n) is 8.08. The van der Waals surface area contributed by atoms with Crippen LogP contribution in [0, 0.1) is 0 Å². The first kappa shape index (κ1) is 14.5. The zero-order valence-corrected chi connectivity index (χ0v) is 13.5. The Hall–Kier alpha value is -2.06. The standard InChI is InChI=1S/C20H18ClNO/c21-17-4-1-3-16(13-17)14-7-9-15(10-8-14)20(23)22-18-5-2-6-19(22)12-11-18/h1-5,7-10,13,18-19H,6,11-12H2. The Kier molecular flexibility index (Phi) is 3.70. The van der Waals surface area contributed by atoms with Gasteiger partial charge >= 0.3 is 0 Å². The molecule has 1 fully saturated rings. The summed E-state index contributed by atoms with van der Waals surface area (Å²) >= 11 is 6.05. The van der Waals surface area contributed by atoms with Crippen molar-refractivity contribution in [1.29, 1.82) is 0 Å². The quantitative estimate of drug-likeness (QED) is 0.717. The molecule has 3 heteroatoms. The number of fused-ring (bicyclic) bond motifs is 2. The van der Waals surface area contributed by atoms with Gasteiger partial charge in [0.1, 0.15) is 0 Å². The summed E-state index contributed by atoms with van der Waals surface area (Å²) in [5.41, 5.74) is 2.91. The predicted molar refractivity (Wildman–Crippen MR) is 93.6 cm³/mol. The maximum absolute atomic E-state index is 12.8. The van der Waals surface area contributed by atoms with Gasteiger partial charge in [-0.05, 0) is 54.7 Å². The van der Waals surface area contributed by atoms with E-state index in [1.807, 2.05) is 48.5 Å². The third kappa shape index (κ3) is 2.68. The van der Waals surface area contributed by atoms with E-state index in [-0.39, 0.29) is 11.9 Å². The number of nitrogens with zero attached hydrogens (tertiary/aromatic N) is 1. The van der Waals surface area contributed by atoms with Crippen LogP contribution in [0.4, 0.5) is 0 Å². The van der Waals surface area contributed by atoms with Crippen LogP contribution in [-0.4, -0.2) is 22.9 Å². The normalized spacial score (nSPS) is 22.4. The highest BCUT2D eigenvalue weighted by atomic mass is 35.5. The van der Waals surface area contributed by atoms with E-state index in [0.29, 0.717) is 6.04 Å². The summed E-state index contributed by atoms with van der Waals surface area (Å²) in [6, 6.07) is 16.3. The monoisotopic (exact) mass is 323 g/mol. The van der Waals surface area contributed by atoms with Crippen LogP contribution in [0.5, 0.6) is 0 Å². The van der Waals surface area contributed by atoms with Crippen molar-refractivity contribution in [2.75, 3.05) is 0 Å². The average molecular weight is 324 g/mol. The van der Waals surface area contributed by atoms with Gasteiger partial charge in [-0.3, -0.25) is 4.79 Å². The maximum Gasteiger partial charge on any atom is 0.254 e. The second-order valence-electron chi connectivity index (χ2n) is 6.26.